The van der Waals surface area contributed by atoms with Crippen molar-refractivity contribution in [1.82, 2.24) is 5.32 Å². The predicted octanol–water partition coefficient (Wildman–Crippen LogP) is 3.78. The number of fused-ring (bicyclic) bond motifs is 1. The number of nitrogens with one attached hydrogen (secondary N) is 1. The van der Waals surface area contributed by atoms with Crippen LogP contribution in [0.4, 0.5) is 5.69 Å². The largest absolute Gasteiger partial charge is 0.486 e. The van der Waals surface area contributed by atoms with Gasteiger partial charge in [0, 0.05) is 21.5 Å². The van der Waals surface area contributed by atoms with Crippen molar-refractivity contribution in [1.29, 1.82) is 0 Å². The van der Waals surface area contributed by atoms with E-state index in [2.05, 4.69) is 24.4 Å². The second kappa shape index (κ2) is 8.95. The van der Waals surface area contributed by atoms with Crippen molar-refractivity contribution >= 4 is 35.3 Å². The molecule has 4 rings (SSSR count). The molecule has 0 saturated heterocycles. The van der Waals surface area contributed by atoms with Crippen LogP contribution in [0, 0.1) is 12.8 Å². The van der Waals surface area contributed by atoms with Crippen LogP contribution in [0.25, 0.3) is 0 Å². The smallest absolute Gasteiger partial charge is 0.241 e. The molecule has 7 heteroatoms. The lowest BCUT2D eigenvalue weighted by Gasteiger charge is -2.25. The van der Waals surface area contributed by atoms with Gasteiger partial charge < -0.3 is 19.7 Å². The SMILES string of the molecule is Cc1ccc(CN(C(=O)CNCC2CC2)c2ccc3c(c2)OCCO3)s1.Cl. The maximum Gasteiger partial charge on any atom is 0.241 e. The van der Waals surface area contributed by atoms with Crippen molar-refractivity contribution in [3.8, 4) is 11.5 Å². The third kappa shape index (κ3) is 5.15. The fourth-order valence-corrected chi connectivity index (χ4v) is 3.93. The number of aryl methyl sites for hydroxylation is 1. The first-order chi connectivity index (χ1) is 12.7. The van der Waals surface area contributed by atoms with Crippen LogP contribution in [0.15, 0.2) is 30.3 Å². The molecule has 0 spiro atoms. The van der Waals surface area contributed by atoms with E-state index in [1.165, 1.54) is 22.6 Å². The van der Waals surface area contributed by atoms with E-state index < -0.39 is 0 Å². The Kier molecular flexibility index (Phi) is 6.63. The quantitative estimate of drug-likeness (QED) is 0.757. The third-order valence-electron chi connectivity index (χ3n) is 4.65. The highest BCUT2D eigenvalue weighted by Crippen LogP contribution is 2.35. The summed E-state index contributed by atoms with van der Waals surface area (Å²) in [6, 6.07) is 9.93. The molecule has 1 amide bonds. The van der Waals surface area contributed by atoms with Crippen LogP contribution in [-0.4, -0.2) is 32.2 Å². The molecule has 1 aliphatic carbocycles. The average Bonchev–Trinajstić information content (AvgIpc) is 3.39. The topological polar surface area (TPSA) is 50.8 Å². The molecule has 0 bridgehead atoms. The van der Waals surface area contributed by atoms with Gasteiger partial charge in [-0.25, -0.2) is 0 Å². The van der Waals surface area contributed by atoms with Crippen molar-refractivity contribution in [2.24, 2.45) is 5.92 Å². The van der Waals surface area contributed by atoms with Gasteiger partial charge in [-0.2, -0.15) is 0 Å². The predicted molar refractivity (Wildman–Crippen MR) is 111 cm³/mol. The molecule has 2 aliphatic rings. The number of nitrogens with zero attached hydrogens (tertiary/aromatic N) is 1. The van der Waals surface area contributed by atoms with E-state index in [1.807, 2.05) is 23.1 Å². The van der Waals surface area contributed by atoms with Crippen LogP contribution >= 0.6 is 23.7 Å². The van der Waals surface area contributed by atoms with Crippen LogP contribution in [0.2, 0.25) is 0 Å². The van der Waals surface area contributed by atoms with Gasteiger partial charge in [-0.1, -0.05) is 0 Å². The number of hydrogen-bond acceptors (Lipinski definition) is 5. The van der Waals surface area contributed by atoms with Crippen molar-refractivity contribution in [3.05, 3.63) is 40.1 Å². The van der Waals surface area contributed by atoms with Crippen LogP contribution < -0.4 is 19.7 Å². The van der Waals surface area contributed by atoms with E-state index in [9.17, 15) is 4.79 Å². The lowest BCUT2D eigenvalue weighted by molar-refractivity contribution is -0.117. The Bertz CT molecular complexity index is 791. The van der Waals surface area contributed by atoms with Gasteiger partial charge >= 0.3 is 0 Å². The van der Waals surface area contributed by atoms with E-state index in [0.29, 0.717) is 32.1 Å². The minimum atomic E-state index is 0. The Morgan fingerprint density at radius 1 is 1.19 bits per heavy atom. The number of anilines is 1. The molecule has 5 nitrogen and oxygen atoms in total. The molecule has 1 saturated carbocycles. The zero-order valence-corrected chi connectivity index (χ0v) is 17.0. The molecule has 146 valence electrons. The second-order valence-corrected chi connectivity index (χ2v) is 8.27. The van der Waals surface area contributed by atoms with Gasteiger partial charge in [-0.3, -0.25) is 4.79 Å². The van der Waals surface area contributed by atoms with Crippen LogP contribution in [0.1, 0.15) is 22.6 Å². The molecule has 1 fully saturated rings. The van der Waals surface area contributed by atoms with Gasteiger partial charge in [0.1, 0.15) is 13.2 Å². The Labute approximate surface area is 170 Å². The number of thiophene rings is 1. The highest BCUT2D eigenvalue weighted by molar-refractivity contribution is 7.11. The number of amides is 1. The minimum absolute atomic E-state index is 0. The lowest BCUT2D eigenvalue weighted by atomic mass is 10.2. The monoisotopic (exact) mass is 408 g/mol. The normalized spacial score (nSPS) is 15.1. The summed E-state index contributed by atoms with van der Waals surface area (Å²) in [5.74, 6) is 2.28. The molecular weight excluding hydrogens is 384 g/mol. The summed E-state index contributed by atoms with van der Waals surface area (Å²) in [6.07, 6.45) is 2.56. The fraction of sp³-hybridized carbons (Fsp3) is 0.450. The zero-order chi connectivity index (χ0) is 17.9. The first kappa shape index (κ1) is 20.0. The number of carbonyl (C=O) groups is 1. The highest BCUT2D eigenvalue weighted by atomic mass is 35.5. The molecule has 0 unspecified atom stereocenters. The maximum absolute atomic E-state index is 12.9. The van der Waals surface area contributed by atoms with Gasteiger partial charge in [0.2, 0.25) is 5.91 Å². The van der Waals surface area contributed by atoms with E-state index in [-0.39, 0.29) is 18.3 Å². The molecule has 2 aromatic rings. The van der Waals surface area contributed by atoms with Crippen molar-refractivity contribution in [2.75, 3.05) is 31.2 Å². The summed E-state index contributed by atoms with van der Waals surface area (Å²) in [5.41, 5.74) is 0.846. The number of benzene rings is 1. The number of halogens is 1. The fourth-order valence-electron chi connectivity index (χ4n) is 3.05. The van der Waals surface area contributed by atoms with E-state index in [1.54, 1.807) is 11.3 Å². The minimum Gasteiger partial charge on any atom is -0.486 e. The highest BCUT2D eigenvalue weighted by Gasteiger charge is 2.23. The van der Waals surface area contributed by atoms with E-state index in [4.69, 9.17) is 9.47 Å². The van der Waals surface area contributed by atoms with E-state index in [0.717, 1.165) is 23.9 Å². The lowest BCUT2D eigenvalue weighted by Crippen LogP contribution is -2.38. The number of carbonyl (C=O) groups excluding carboxylic acids is 1. The summed E-state index contributed by atoms with van der Waals surface area (Å²) >= 11 is 1.73. The molecule has 1 aromatic carbocycles. The Morgan fingerprint density at radius 3 is 2.67 bits per heavy atom. The molecule has 0 radical (unpaired) electrons. The van der Waals surface area contributed by atoms with Gasteiger partial charge in [-0.05, 0) is 56.5 Å². The first-order valence-electron chi connectivity index (χ1n) is 9.15. The zero-order valence-electron chi connectivity index (χ0n) is 15.4. The Morgan fingerprint density at radius 2 is 1.96 bits per heavy atom. The maximum atomic E-state index is 12.9. The van der Waals surface area contributed by atoms with Gasteiger partial charge in [0.25, 0.3) is 0 Å². The third-order valence-corrected chi connectivity index (χ3v) is 5.64. The molecule has 2 heterocycles. The first-order valence-corrected chi connectivity index (χ1v) is 9.97. The van der Waals surface area contributed by atoms with Crippen molar-refractivity contribution in [2.45, 2.75) is 26.3 Å². The summed E-state index contributed by atoms with van der Waals surface area (Å²) in [6.45, 7) is 5.05. The summed E-state index contributed by atoms with van der Waals surface area (Å²) in [4.78, 5) is 17.2. The standard InChI is InChI=1S/C20H24N2O3S.ClH/c1-14-2-6-17(26-14)13-22(20(23)12-21-11-15-3-4-15)16-5-7-18-19(10-16)25-9-8-24-18;/h2,5-7,10,15,21H,3-4,8-9,11-13H2,1H3;1H. The van der Waals surface area contributed by atoms with Crippen molar-refractivity contribution < 1.29 is 14.3 Å². The van der Waals surface area contributed by atoms with Crippen LogP contribution in [0.3, 0.4) is 0 Å². The summed E-state index contributed by atoms with van der Waals surface area (Å²) in [7, 11) is 0. The molecule has 1 N–H and O–H groups in total. The summed E-state index contributed by atoms with van der Waals surface area (Å²) < 4.78 is 11.3. The Balaban J connectivity index is 0.00000210. The molecule has 0 atom stereocenters. The molecule has 1 aliphatic heterocycles. The molecule has 1 aromatic heterocycles. The van der Waals surface area contributed by atoms with Gasteiger partial charge in [0.05, 0.1) is 13.1 Å². The number of hydrogen-bond donors (Lipinski definition) is 1. The number of rotatable bonds is 7. The number of ether oxygens (including phenoxy) is 2. The van der Waals surface area contributed by atoms with Crippen LogP contribution in [0.5, 0.6) is 11.5 Å². The second-order valence-electron chi connectivity index (χ2n) is 6.89. The molecular formula is C20H25ClN2O3S. The molecule has 27 heavy (non-hydrogen) atoms. The average molecular weight is 409 g/mol. The van der Waals surface area contributed by atoms with Gasteiger partial charge in [0.15, 0.2) is 11.5 Å². The van der Waals surface area contributed by atoms with Crippen LogP contribution in [-0.2, 0) is 11.3 Å². The Hall–Kier alpha value is -1.76. The summed E-state index contributed by atoms with van der Waals surface area (Å²) in [5, 5.41) is 3.31. The van der Waals surface area contributed by atoms with Crippen molar-refractivity contribution in [3.63, 3.8) is 0 Å². The van der Waals surface area contributed by atoms with Gasteiger partial charge in [-0.15, -0.1) is 23.7 Å². The van der Waals surface area contributed by atoms with E-state index >= 15 is 0 Å².